The Bertz CT molecular complexity index is 2300. The first-order valence-corrected chi connectivity index (χ1v) is 13.8. The third kappa shape index (κ3) is 4.38. The van der Waals surface area contributed by atoms with Gasteiger partial charge >= 0.3 is 0 Å². The van der Waals surface area contributed by atoms with Gasteiger partial charge in [0.1, 0.15) is 17.3 Å². The number of rotatable bonds is 6. The minimum Gasteiger partial charge on any atom is -0.505 e. The van der Waals surface area contributed by atoms with Gasteiger partial charge in [0.2, 0.25) is 0 Å². The van der Waals surface area contributed by atoms with E-state index in [4.69, 9.17) is 0 Å². The summed E-state index contributed by atoms with van der Waals surface area (Å²) in [6.07, 6.45) is 4.41. The minimum atomic E-state index is -0.510. The van der Waals surface area contributed by atoms with E-state index >= 15 is 0 Å². The molecule has 0 radical (unpaired) electrons. The van der Waals surface area contributed by atoms with Crippen LogP contribution in [0, 0.1) is 11.3 Å². The number of para-hydroxylation sites is 1. The number of nitrogens with one attached hydrogen (secondary N) is 1. The van der Waals surface area contributed by atoms with Gasteiger partial charge in [0.05, 0.1) is 11.8 Å². The van der Waals surface area contributed by atoms with Crippen molar-refractivity contribution in [3.05, 3.63) is 109 Å². The number of azo groups is 1. The Labute approximate surface area is 250 Å². The lowest BCUT2D eigenvalue weighted by molar-refractivity contribution is 0.102. The highest BCUT2D eigenvalue weighted by atomic mass is 16.3. The van der Waals surface area contributed by atoms with Crippen LogP contribution >= 0.6 is 0 Å². The van der Waals surface area contributed by atoms with Crippen LogP contribution in [-0.2, 0) is 6.54 Å². The molecule has 0 spiro atoms. The van der Waals surface area contributed by atoms with Gasteiger partial charge in [0.15, 0.2) is 11.6 Å². The number of hydrogen-bond donors (Lipinski definition) is 2. The number of nitriles is 1. The Hall–Kier alpha value is -6.41. The number of anilines is 1. The normalized spacial score (nSPS) is 11.5. The van der Waals surface area contributed by atoms with Crippen LogP contribution in [0.15, 0.2) is 108 Å². The molecule has 0 fully saturated rings. The summed E-state index contributed by atoms with van der Waals surface area (Å²) < 4.78 is 3.51. The van der Waals surface area contributed by atoms with E-state index in [0.29, 0.717) is 16.5 Å². The number of aromatic hydroxyl groups is 1. The number of phenolic OH excluding ortho intramolecular Hbond substituents is 1. The summed E-state index contributed by atoms with van der Waals surface area (Å²) in [7, 11) is 0. The van der Waals surface area contributed by atoms with Crippen molar-refractivity contribution in [3.8, 4) is 17.8 Å². The summed E-state index contributed by atoms with van der Waals surface area (Å²) in [4.78, 5) is 22.0. The summed E-state index contributed by atoms with van der Waals surface area (Å²) in [6.45, 7) is 2.91. The highest BCUT2D eigenvalue weighted by molar-refractivity contribution is 6.14. The number of phenols is 1. The van der Waals surface area contributed by atoms with Crippen LogP contribution in [0.25, 0.3) is 38.5 Å². The predicted molar refractivity (Wildman–Crippen MR) is 167 cm³/mol. The average Bonchev–Trinajstić information content (AvgIpc) is 3.62. The second kappa shape index (κ2) is 10.8. The van der Waals surface area contributed by atoms with Crippen LogP contribution in [0.5, 0.6) is 5.75 Å². The Kier molecular flexibility index (Phi) is 6.49. The van der Waals surface area contributed by atoms with Gasteiger partial charge < -0.3 is 15.0 Å². The maximum atomic E-state index is 13.6. The van der Waals surface area contributed by atoms with E-state index in [-0.39, 0.29) is 34.3 Å². The number of carbonyl (C=O) groups excluding carboxylic acids is 1. The standard InChI is InChI=1S/C33H23N9O2/c1-2-41-27-11-6-5-10-24(27)25-17-22(12-13-28(25)41)38-32(44)26-16-20-8-3-4-9-23(20)29(30(26)43)39-40-31-21(18-34)19-37-42(31)33-35-14-7-15-36-33/h3-17,19,43H,2H2,1H3,(H,38,44). The lowest BCUT2D eigenvalue weighted by atomic mass is 10.0. The fraction of sp³-hybridized carbons (Fsp3) is 0.0606. The zero-order valence-corrected chi connectivity index (χ0v) is 23.4. The topological polar surface area (TPSA) is 146 Å². The molecule has 0 aliphatic carbocycles. The summed E-state index contributed by atoms with van der Waals surface area (Å²) >= 11 is 0. The number of amides is 1. The number of benzene rings is 4. The van der Waals surface area contributed by atoms with Crippen molar-refractivity contribution in [2.24, 2.45) is 10.2 Å². The van der Waals surface area contributed by atoms with Gasteiger partial charge in [-0.1, -0.05) is 42.5 Å². The summed E-state index contributed by atoms with van der Waals surface area (Å²) in [5, 5.41) is 40.1. The molecule has 3 aromatic heterocycles. The van der Waals surface area contributed by atoms with E-state index in [1.165, 1.54) is 23.3 Å². The number of aromatic nitrogens is 5. The zero-order valence-electron chi connectivity index (χ0n) is 23.4. The monoisotopic (exact) mass is 577 g/mol. The molecule has 7 aromatic rings. The van der Waals surface area contributed by atoms with E-state index in [0.717, 1.165) is 28.4 Å². The van der Waals surface area contributed by atoms with Gasteiger partial charge in [0.25, 0.3) is 11.9 Å². The number of hydrogen-bond acceptors (Lipinski definition) is 8. The quantitative estimate of drug-likeness (QED) is 0.200. The first-order chi connectivity index (χ1) is 21.6. The largest absolute Gasteiger partial charge is 0.505 e. The van der Waals surface area contributed by atoms with Crippen LogP contribution in [0.2, 0.25) is 0 Å². The van der Waals surface area contributed by atoms with Crippen molar-refractivity contribution < 1.29 is 9.90 Å². The van der Waals surface area contributed by atoms with E-state index in [1.807, 2.05) is 48.5 Å². The average molecular weight is 578 g/mol. The minimum absolute atomic E-state index is 0.0224. The van der Waals surface area contributed by atoms with Crippen molar-refractivity contribution in [1.82, 2.24) is 24.3 Å². The van der Waals surface area contributed by atoms with Crippen LogP contribution < -0.4 is 5.32 Å². The molecule has 0 atom stereocenters. The number of carbonyl (C=O) groups is 1. The lowest BCUT2D eigenvalue weighted by Crippen LogP contribution is -2.12. The second-order valence-corrected chi connectivity index (χ2v) is 9.94. The lowest BCUT2D eigenvalue weighted by Gasteiger charge is -2.11. The highest BCUT2D eigenvalue weighted by Gasteiger charge is 2.20. The fourth-order valence-electron chi connectivity index (χ4n) is 5.42. The Morgan fingerprint density at radius 3 is 2.48 bits per heavy atom. The molecule has 0 saturated carbocycles. The Morgan fingerprint density at radius 2 is 1.68 bits per heavy atom. The molecule has 4 aromatic carbocycles. The third-order valence-corrected chi connectivity index (χ3v) is 7.44. The van der Waals surface area contributed by atoms with E-state index < -0.39 is 5.91 Å². The Morgan fingerprint density at radius 1 is 0.932 bits per heavy atom. The molecule has 0 bridgehead atoms. The molecular formula is C33H23N9O2. The van der Waals surface area contributed by atoms with Crippen molar-refractivity contribution in [3.63, 3.8) is 0 Å². The molecule has 0 aliphatic rings. The van der Waals surface area contributed by atoms with E-state index in [1.54, 1.807) is 24.3 Å². The van der Waals surface area contributed by atoms with Gasteiger partial charge in [-0.25, -0.2) is 9.97 Å². The van der Waals surface area contributed by atoms with Gasteiger partial charge in [-0.15, -0.1) is 10.2 Å². The maximum Gasteiger partial charge on any atom is 0.259 e. The smallest absolute Gasteiger partial charge is 0.259 e. The molecule has 11 nitrogen and oxygen atoms in total. The van der Waals surface area contributed by atoms with Crippen LogP contribution in [-0.4, -0.2) is 35.3 Å². The molecule has 2 N–H and O–H groups in total. The number of fused-ring (bicyclic) bond motifs is 4. The highest BCUT2D eigenvalue weighted by Crippen LogP contribution is 2.40. The molecule has 0 saturated heterocycles. The molecule has 44 heavy (non-hydrogen) atoms. The van der Waals surface area contributed by atoms with Crippen LogP contribution in [0.4, 0.5) is 17.2 Å². The molecule has 0 aliphatic heterocycles. The maximum absolute atomic E-state index is 13.6. The number of aryl methyl sites for hydroxylation is 1. The summed E-state index contributed by atoms with van der Waals surface area (Å²) in [5.74, 6) is -0.585. The molecule has 0 unspecified atom stereocenters. The molecule has 3 heterocycles. The Balaban J connectivity index is 1.29. The molecule has 1 amide bonds. The number of nitrogens with zero attached hydrogens (tertiary/aromatic N) is 8. The second-order valence-electron chi connectivity index (χ2n) is 9.94. The predicted octanol–water partition coefficient (Wildman–Crippen LogP) is 7.19. The molecule has 7 rings (SSSR count). The van der Waals surface area contributed by atoms with Crippen molar-refractivity contribution in [2.75, 3.05) is 5.32 Å². The van der Waals surface area contributed by atoms with Crippen molar-refractivity contribution >= 4 is 55.7 Å². The van der Waals surface area contributed by atoms with Gasteiger partial charge in [-0.3, -0.25) is 4.79 Å². The van der Waals surface area contributed by atoms with E-state index in [2.05, 4.69) is 54.2 Å². The van der Waals surface area contributed by atoms with Crippen LogP contribution in [0.3, 0.4) is 0 Å². The van der Waals surface area contributed by atoms with Gasteiger partial charge in [-0.05, 0) is 48.7 Å². The molecule has 212 valence electrons. The first kappa shape index (κ1) is 26.5. The molecular weight excluding hydrogens is 554 g/mol. The fourth-order valence-corrected chi connectivity index (χ4v) is 5.42. The van der Waals surface area contributed by atoms with E-state index in [9.17, 15) is 15.2 Å². The third-order valence-electron chi connectivity index (χ3n) is 7.44. The van der Waals surface area contributed by atoms with Crippen LogP contribution in [0.1, 0.15) is 22.8 Å². The SMILES string of the molecule is CCn1c2ccccc2c2cc(NC(=O)c3cc4ccccc4c(N=Nc4c(C#N)cnn4-c4ncccn4)c3O)ccc21. The zero-order chi connectivity index (χ0) is 30.2. The van der Waals surface area contributed by atoms with Crippen molar-refractivity contribution in [2.45, 2.75) is 13.5 Å². The molecule has 11 heteroatoms. The first-order valence-electron chi connectivity index (χ1n) is 13.8. The summed E-state index contributed by atoms with van der Waals surface area (Å²) in [5.41, 5.74) is 3.01. The van der Waals surface area contributed by atoms with Crippen molar-refractivity contribution in [1.29, 1.82) is 5.26 Å². The van der Waals surface area contributed by atoms with Gasteiger partial charge in [0, 0.05) is 51.8 Å². The summed E-state index contributed by atoms with van der Waals surface area (Å²) in [6, 6.07) is 26.5. The van der Waals surface area contributed by atoms with Gasteiger partial charge in [-0.2, -0.15) is 15.0 Å².